The third-order valence-electron chi connectivity index (χ3n) is 6.77. The van der Waals surface area contributed by atoms with Crippen LogP contribution in [0.4, 0.5) is 14.9 Å². The Morgan fingerprint density at radius 1 is 1.21 bits per heavy atom. The van der Waals surface area contributed by atoms with Gasteiger partial charge in [-0.05, 0) is 50.3 Å². The molecule has 0 spiro atoms. The van der Waals surface area contributed by atoms with Gasteiger partial charge in [-0.2, -0.15) is 0 Å². The van der Waals surface area contributed by atoms with Gasteiger partial charge in [-0.15, -0.1) is 0 Å². The number of aromatic amines is 1. The van der Waals surface area contributed by atoms with Crippen LogP contribution < -0.4 is 10.9 Å². The highest BCUT2D eigenvalue weighted by Crippen LogP contribution is 2.21. The monoisotopic (exact) mass is 583 g/mol. The molecule has 13 heteroatoms. The van der Waals surface area contributed by atoms with Crippen molar-refractivity contribution >= 4 is 34.8 Å². The van der Waals surface area contributed by atoms with Gasteiger partial charge in [0.25, 0.3) is 5.56 Å². The summed E-state index contributed by atoms with van der Waals surface area (Å²) in [6.07, 6.45) is 4.07. The molecule has 0 aromatic carbocycles. The lowest BCUT2D eigenvalue weighted by Crippen LogP contribution is -2.37. The number of carbonyl (C=O) groups excluding carboxylic acids is 2. The highest BCUT2D eigenvalue weighted by atomic mass is 19.1. The molecule has 226 valence electrons. The first-order valence-electron chi connectivity index (χ1n) is 13.6. The highest BCUT2D eigenvalue weighted by Gasteiger charge is 2.23. The number of halogens is 1. The zero-order valence-corrected chi connectivity index (χ0v) is 24.8. The first-order chi connectivity index (χ1) is 19.8. The molecule has 42 heavy (non-hydrogen) atoms. The summed E-state index contributed by atoms with van der Waals surface area (Å²) in [5, 5.41) is 12.0. The molecule has 3 aromatic rings. The number of fused-ring (bicyclic) bond motifs is 1. The van der Waals surface area contributed by atoms with Gasteiger partial charge in [0.1, 0.15) is 17.3 Å². The molecule has 3 aromatic heterocycles. The number of aromatic nitrogens is 4. The standard InChI is InChI=1S/C29H38FN7O5/c1-17(2)13-20-21(30)14-31-26-25(20)33-23(34-26)16-37-18(3)11-12-22(28(37)40)32-27(39)19(15-36(6)29(41)42)9-7-8-10-24(38)35(4)5/h8,10-12,14,17,19H,7,9,13,15-16H2,1-6H3,(H,32,39)(H,41,42)(H,31,33,34)/b10-8+/t19-/m0/s1. The van der Waals surface area contributed by atoms with Crippen LogP contribution in [0.15, 0.2) is 35.3 Å². The van der Waals surface area contributed by atoms with Crippen LogP contribution in [0.3, 0.4) is 0 Å². The van der Waals surface area contributed by atoms with Crippen LogP contribution in [0.25, 0.3) is 11.2 Å². The van der Waals surface area contributed by atoms with Crippen LogP contribution in [0.5, 0.6) is 0 Å². The molecular formula is C29H38FN7O5. The Kier molecular flexibility index (Phi) is 10.6. The summed E-state index contributed by atoms with van der Waals surface area (Å²) >= 11 is 0. The zero-order valence-electron chi connectivity index (χ0n) is 24.8. The third-order valence-corrected chi connectivity index (χ3v) is 6.77. The van der Waals surface area contributed by atoms with Crippen LogP contribution in [0.1, 0.15) is 43.8 Å². The molecule has 0 aliphatic heterocycles. The average molecular weight is 584 g/mol. The van der Waals surface area contributed by atoms with Gasteiger partial charge in [-0.1, -0.05) is 19.9 Å². The Morgan fingerprint density at radius 2 is 1.93 bits per heavy atom. The quantitative estimate of drug-likeness (QED) is 0.276. The SMILES string of the molecule is Cc1ccc(NC(=O)[C@@H](CC/C=C/C(=O)N(C)C)CN(C)C(=O)O)c(=O)n1Cc1nc2ncc(F)c(CC(C)C)c2[nH]1. The van der Waals surface area contributed by atoms with Gasteiger partial charge in [0, 0.05) is 38.9 Å². The smallest absolute Gasteiger partial charge is 0.407 e. The van der Waals surface area contributed by atoms with Crippen LogP contribution >= 0.6 is 0 Å². The van der Waals surface area contributed by atoms with E-state index >= 15 is 0 Å². The van der Waals surface area contributed by atoms with Crippen molar-refractivity contribution in [3.8, 4) is 0 Å². The number of likely N-dealkylation sites (N-methyl/N-ethyl adjacent to an activating group) is 1. The number of hydrogen-bond donors (Lipinski definition) is 3. The van der Waals surface area contributed by atoms with Gasteiger partial charge >= 0.3 is 6.09 Å². The highest BCUT2D eigenvalue weighted by molar-refractivity contribution is 5.92. The Balaban J connectivity index is 1.84. The van der Waals surface area contributed by atoms with Gasteiger partial charge in [0.05, 0.1) is 24.2 Å². The number of rotatable bonds is 12. The molecule has 12 nitrogen and oxygen atoms in total. The molecule has 3 heterocycles. The van der Waals surface area contributed by atoms with Crippen molar-refractivity contribution in [3.63, 3.8) is 0 Å². The summed E-state index contributed by atoms with van der Waals surface area (Å²) in [5.41, 5.74) is 1.47. The minimum atomic E-state index is -1.19. The van der Waals surface area contributed by atoms with Gasteiger partial charge in [-0.3, -0.25) is 14.4 Å². The van der Waals surface area contributed by atoms with Crippen LogP contribution in [-0.4, -0.2) is 80.0 Å². The van der Waals surface area contributed by atoms with Crippen molar-refractivity contribution in [2.24, 2.45) is 11.8 Å². The van der Waals surface area contributed by atoms with E-state index in [0.717, 1.165) is 11.1 Å². The maximum atomic E-state index is 14.5. The number of carboxylic acid groups (broad SMARTS) is 1. The fourth-order valence-corrected chi connectivity index (χ4v) is 4.41. The summed E-state index contributed by atoms with van der Waals surface area (Å²) < 4.78 is 15.9. The van der Waals surface area contributed by atoms with Gasteiger partial charge in [0.2, 0.25) is 11.8 Å². The number of imidazole rings is 1. The molecule has 0 aliphatic rings. The third kappa shape index (κ3) is 8.02. The second kappa shape index (κ2) is 13.9. The maximum absolute atomic E-state index is 14.5. The molecule has 0 saturated heterocycles. The molecule has 0 aliphatic carbocycles. The topological polar surface area (TPSA) is 154 Å². The molecular weight excluding hydrogens is 545 g/mol. The number of allylic oxidation sites excluding steroid dienone is 1. The summed E-state index contributed by atoms with van der Waals surface area (Å²) in [4.78, 5) is 64.0. The van der Waals surface area contributed by atoms with Gasteiger partial charge in [0.15, 0.2) is 5.65 Å². The fourth-order valence-electron chi connectivity index (χ4n) is 4.41. The van der Waals surface area contributed by atoms with E-state index in [-0.39, 0.29) is 37.0 Å². The first-order valence-corrected chi connectivity index (χ1v) is 13.6. The number of anilines is 1. The Bertz CT molecular complexity index is 1540. The predicted molar refractivity (Wildman–Crippen MR) is 157 cm³/mol. The van der Waals surface area contributed by atoms with E-state index in [1.165, 1.54) is 28.7 Å². The minimum absolute atomic E-state index is 0.0210. The largest absolute Gasteiger partial charge is 0.465 e. The predicted octanol–water partition coefficient (Wildman–Crippen LogP) is 3.40. The second-order valence-electron chi connectivity index (χ2n) is 10.9. The van der Waals surface area contributed by atoms with E-state index in [1.54, 1.807) is 33.2 Å². The van der Waals surface area contributed by atoms with Crippen molar-refractivity contribution in [2.75, 3.05) is 33.0 Å². The van der Waals surface area contributed by atoms with E-state index in [9.17, 15) is 28.7 Å². The van der Waals surface area contributed by atoms with E-state index in [2.05, 4.69) is 20.3 Å². The van der Waals surface area contributed by atoms with Crippen LogP contribution in [0.2, 0.25) is 0 Å². The van der Waals surface area contributed by atoms with Crippen molar-refractivity contribution < 1.29 is 23.9 Å². The molecule has 3 rings (SSSR count). The number of amides is 3. The lowest BCUT2D eigenvalue weighted by Gasteiger charge is -2.21. The molecule has 3 N–H and O–H groups in total. The molecule has 3 amide bonds. The van der Waals surface area contributed by atoms with E-state index in [0.29, 0.717) is 41.1 Å². The van der Waals surface area contributed by atoms with Crippen LogP contribution in [0, 0.1) is 24.6 Å². The molecule has 1 atom stereocenters. The van der Waals surface area contributed by atoms with Gasteiger partial charge in [-0.25, -0.2) is 19.2 Å². The van der Waals surface area contributed by atoms with Crippen molar-refractivity contribution in [2.45, 2.75) is 46.6 Å². The molecule has 0 fully saturated rings. The molecule has 0 radical (unpaired) electrons. The summed E-state index contributed by atoms with van der Waals surface area (Å²) in [6, 6.07) is 3.17. The fraction of sp³-hybridized carbons (Fsp3) is 0.448. The summed E-state index contributed by atoms with van der Waals surface area (Å²) in [6.45, 7) is 5.64. The minimum Gasteiger partial charge on any atom is -0.465 e. The molecule has 0 bridgehead atoms. The number of hydrogen-bond acceptors (Lipinski definition) is 6. The Hall–Kier alpha value is -4.55. The van der Waals surface area contributed by atoms with Crippen molar-refractivity contribution in [3.05, 3.63) is 63.7 Å². The van der Waals surface area contributed by atoms with Crippen molar-refractivity contribution in [1.29, 1.82) is 0 Å². The van der Waals surface area contributed by atoms with Gasteiger partial charge < -0.3 is 29.8 Å². The number of nitrogens with zero attached hydrogens (tertiary/aromatic N) is 5. The second-order valence-corrected chi connectivity index (χ2v) is 10.9. The van der Waals surface area contributed by atoms with Crippen LogP contribution in [-0.2, 0) is 22.6 Å². The molecule has 0 unspecified atom stereocenters. The van der Waals surface area contributed by atoms with E-state index < -0.39 is 29.3 Å². The van der Waals surface area contributed by atoms with E-state index in [4.69, 9.17) is 0 Å². The van der Waals surface area contributed by atoms with E-state index in [1.807, 2.05) is 13.8 Å². The normalized spacial score (nSPS) is 12.2. The zero-order chi connectivity index (χ0) is 31.1. The van der Waals surface area contributed by atoms with Crippen molar-refractivity contribution in [1.82, 2.24) is 29.3 Å². The Morgan fingerprint density at radius 3 is 2.57 bits per heavy atom. The number of pyridine rings is 2. The Labute approximate surface area is 243 Å². The number of nitrogens with one attached hydrogen (secondary N) is 2. The lowest BCUT2D eigenvalue weighted by molar-refractivity contribution is -0.123. The lowest BCUT2D eigenvalue weighted by atomic mass is 10.0. The molecule has 0 saturated carbocycles. The average Bonchev–Trinajstić information content (AvgIpc) is 3.34. The summed E-state index contributed by atoms with van der Waals surface area (Å²) in [7, 11) is 4.59. The first kappa shape index (κ1) is 32.0. The maximum Gasteiger partial charge on any atom is 0.407 e. The summed E-state index contributed by atoms with van der Waals surface area (Å²) in [5.74, 6) is -1.33. The number of H-pyrrole nitrogens is 1. The number of carbonyl (C=O) groups is 3. The number of aryl methyl sites for hydroxylation is 1.